The number of halogens is 2. The van der Waals surface area contributed by atoms with E-state index in [4.69, 9.17) is 32.7 Å². The predicted molar refractivity (Wildman–Crippen MR) is 114 cm³/mol. The van der Waals surface area contributed by atoms with E-state index in [1.165, 1.54) is 0 Å². The molecule has 0 saturated heterocycles. The van der Waals surface area contributed by atoms with Gasteiger partial charge in [0, 0.05) is 15.6 Å². The monoisotopic (exact) mass is 409 g/mol. The molecule has 3 nitrogen and oxygen atoms in total. The van der Waals surface area contributed by atoms with Crippen LogP contribution in [0.5, 0.6) is 11.5 Å². The molecular formula is C23H17Cl2NO2. The van der Waals surface area contributed by atoms with Gasteiger partial charge in [-0.05, 0) is 41.5 Å². The maximum atomic E-state index is 9.48. The van der Waals surface area contributed by atoms with Gasteiger partial charge < -0.3 is 9.47 Å². The molecule has 0 atom stereocenters. The van der Waals surface area contributed by atoms with E-state index in [0.717, 1.165) is 16.7 Å². The molecule has 0 saturated carbocycles. The molecule has 3 aromatic carbocycles. The smallest absolute Gasteiger partial charge is 0.161 e. The Morgan fingerprint density at radius 2 is 1.79 bits per heavy atom. The quantitative estimate of drug-likeness (QED) is 0.338. The van der Waals surface area contributed by atoms with E-state index in [0.29, 0.717) is 27.1 Å². The summed E-state index contributed by atoms with van der Waals surface area (Å²) in [5.41, 5.74) is 3.10. The van der Waals surface area contributed by atoms with Crippen molar-refractivity contribution in [3.63, 3.8) is 0 Å². The van der Waals surface area contributed by atoms with Crippen LogP contribution in [0.2, 0.25) is 10.0 Å². The fourth-order valence-electron chi connectivity index (χ4n) is 2.65. The summed E-state index contributed by atoms with van der Waals surface area (Å²) in [6.45, 7) is 0.287. The van der Waals surface area contributed by atoms with E-state index in [2.05, 4.69) is 6.07 Å². The van der Waals surface area contributed by atoms with Gasteiger partial charge in [0.05, 0.1) is 18.8 Å². The Morgan fingerprint density at radius 3 is 2.46 bits per heavy atom. The Bertz CT molecular complexity index is 1040. The molecule has 0 N–H and O–H groups in total. The summed E-state index contributed by atoms with van der Waals surface area (Å²) in [5.74, 6) is 1.16. The summed E-state index contributed by atoms with van der Waals surface area (Å²) in [6, 6.07) is 22.6. The molecule has 0 fully saturated rings. The van der Waals surface area contributed by atoms with Gasteiger partial charge in [0.2, 0.25) is 0 Å². The van der Waals surface area contributed by atoms with Gasteiger partial charge in [-0.2, -0.15) is 5.26 Å². The van der Waals surface area contributed by atoms with Crippen LogP contribution in [0.1, 0.15) is 16.7 Å². The van der Waals surface area contributed by atoms with Crippen molar-refractivity contribution < 1.29 is 9.47 Å². The number of allylic oxidation sites excluding steroid dienone is 1. The third-order valence-corrected chi connectivity index (χ3v) is 4.69. The van der Waals surface area contributed by atoms with Gasteiger partial charge in [-0.3, -0.25) is 0 Å². The summed E-state index contributed by atoms with van der Waals surface area (Å²) in [6.07, 6.45) is 1.82. The third kappa shape index (κ3) is 4.86. The van der Waals surface area contributed by atoms with E-state index >= 15 is 0 Å². The normalized spacial score (nSPS) is 11.0. The van der Waals surface area contributed by atoms with Crippen molar-refractivity contribution in [3.05, 3.63) is 93.5 Å². The van der Waals surface area contributed by atoms with Crippen LogP contribution in [0.3, 0.4) is 0 Å². The van der Waals surface area contributed by atoms with Gasteiger partial charge in [-0.25, -0.2) is 0 Å². The zero-order chi connectivity index (χ0) is 19.9. The first kappa shape index (κ1) is 19.8. The van der Waals surface area contributed by atoms with Gasteiger partial charge in [-0.1, -0.05) is 65.7 Å². The number of ether oxygens (including phenoxy) is 2. The van der Waals surface area contributed by atoms with Crippen LogP contribution in [-0.4, -0.2) is 7.11 Å². The molecule has 0 unspecified atom stereocenters. The molecule has 0 amide bonds. The number of nitriles is 1. The van der Waals surface area contributed by atoms with Crippen molar-refractivity contribution in [2.45, 2.75) is 6.61 Å². The first-order chi connectivity index (χ1) is 13.6. The maximum absolute atomic E-state index is 9.48. The van der Waals surface area contributed by atoms with E-state index in [9.17, 15) is 5.26 Å². The van der Waals surface area contributed by atoms with Crippen LogP contribution in [0, 0.1) is 11.3 Å². The van der Waals surface area contributed by atoms with Crippen LogP contribution in [0.25, 0.3) is 11.6 Å². The second kappa shape index (κ2) is 9.32. The fourth-order valence-corrected chi connectivity index (χ4v) is 3.12. The minimum absolute atomic E-state index is 0.287. The molecule has 140 valence electrons. The predicted octanol–water partition coefficient (Wildman–Crippen LogP) is 6.65. The van der Waals surface area contributed by atoms with E-state index in [1.807, 2.05) is 60.7 Å². The zero-order valence-electron chi connectivity index (χ0n) is 15.2. The summed E-state index contributed by atoms with van der Waals surface area (Å²) in [5, 5.41) is 10.6. The number of rotatable bonds is 6. The largest absolute Gasteiger partial charge is 0.493 e. The zero-order valence-corrected chi connectivity index (χ0v) is 16.7. The van der Waals surface area contributed by atoms with Crippen LogP contribution in [-0.2, 0) is 6.61 Å². The number of nitrogens with zero attached hydrogens (tertiary/aromatic N) is 1. The lowest BCUT2D eigenvalue weighted by atomic mass is 10.0. The van der Waals surface area contributed by atoms with Crippen molar-refractivity contribution in [2.24, 2.45) is 0 Å². The second-order valence-corrected chi connectivity index (χ2v) is 6.81. The van der Waals surface area contributed by atoms with Crippen LogP contribution in [0.4, 0.5) is 0 Å². The molecule has 5 heteroatoms. The molecule has 0 bridgehead atoms. The highest BCUT2D eigenvalue weighted by Crippen LogP contribution is 2.31. The Labute approximate surface area is 174 Å². The number of hydrogen-bond acceptors (Lipinski definition) is 3. The van der Waals surface area contributed by atoms with Gasteiger partial charge in [0.1, 0.15) is 6.61 Å². The average Bonchev–Trinajstić information content (AvgIpc) is 2.72. The van der Waals surface area contributed by atoms with Crippen molar-refractivity contribution in [1.29, 1.82) is 5.26 Å². The topological polar surface area (TPSA) is 42.2 Å². The molecule has 0 aliphatic rings. The summed E-state index contributed by atoms with van der Waals surface area (Å²) in [7, 11) is 1.58. The molecule has 0 spiro atoms. The lowest BCUT2D eigenvalue weighted by molar-refractivity contribution is 0.284. The van der Waals surface area contributed by atoms with E-state index in [1.54, 1.807) is 19.2 Å². The molecular weight excluding hydrogens is 393 g/mol. The molecule has 0 aliphatic carbocycles. The van der Waals surface area contributed by atoms with Gasteiger partial charge in [-0.15, -0.1) is 0 Å². The maximum Gasteiger partial charge on any atom is 0.161 e. The molecule has 3 rings (SSSR count). The first-order valence-electron chi connectivity index (χ1n) is 8.52. The second-order valence-electron chi connectivity index (χ2n) is 5.97. The van der Waals surface area contributed by atoms with E-state index in [-0.39, 0.29) is 6.61 Å². The Balaban J connectivity index is 1.82. The number of hydrogen-bond donors (Lipinski definition) is 0. The SMILES string of the molecule is COc1cc(/C=C(\C#N)c2ccccc2)ccc1OCc1ccc(Cl)cc1Cl. The number of methoxy groups -OCH3 is 1. The van der Waals surface area contributed by atoms with Crippen LogP contribution < -0.4 is 9.47 Å². The lowest BCUT2D eigenvalue weighted by Gasteiger charge is -2.12. The fraction of sp³-hybridized carbons (Fsp3) is 0.0870. The molecule has 3 aromatic rings. The highest BCUT2D eigenvalue weighted by molar-refractivity contribution is 6.35. The Morgan fingerprint density at radius 1 is 1.00 bits per heavy atom. The van der Waals surface area contributed by atoms with Crippen LogP contribution >= 0.6 is 23.2 Å². The lowest BCUT2D eigenvalue weighted by Crippen LogP contribution is -1.98. The standard InChI is InChI=1S/C23H17Cl2NO2/c1-27-23-12-16(11-19(14-26)17-5-3-2-4-6-17)7-10-22(23)28-15-18-8-9-20(24)13-21(18)25/h2-13H,15H2,1H3/b19-11+. The summed E-state index contributed by atoms with van der Waals surface area (Å²) in [4.78, 5) is 0. The summed E-state index contributed by atoms with van der Waals surface area (Å²) < 4.78 is 11.3. The van der Waals surface area contributed by atoms with Crippen molar-refractivity contribution >= 4 is 34.9 Å². The minimum Gasteiger partial charge on any atom is -0.493 e. The first-order valence-corrected chi connectivity index (χ1v) is 9.28. The third-order valence-electron chi connectivity index (χ3n) is 4.10. The van der Waals surface area contributed by atoms with Crippen LogP contribution in [0.15, 0.2) is 66.7 Å². The van der Waals surface area contributed by atoms with Gasteiger partial charge in [0.15, 0.2) is 11.5 Å². The Hall–Kier alpha value is -2.93. The van der Waals surface area contributed by atoms with Crippen molar-refractivity contribution in [3.8, 4) is 17.6 Å². The van der Waals surface area contributed by atoms with Crippen molar-refractivity contribution in [2.75, 3.05) is 7.11 Å². The molecule has 0 aromatic heterocycles. The highest BCUT2D eigenvalue weighted by atomic mass is 35.5. The van der Waals surface area contributed by atoms with Gasteiger partial charge in [0.25, 0.3) is 0 Å². The summed E-state index contributed by atoms with van der Waals surface area (Å²) >= 11 is 12.1. The molecule has 0 radical (unpaired) electrons. The van der Waals surface area contributed by atoms with Crippen molar-refractivity contribution in [1.82, 2.24) is 0 Å². The minimum atomic E-state index is 0.287. The molecule has 0 aliphatic heterocycles. The average molecular weight is 410 g/mol. The number of benzene rings is 3. The highest BCUT2D eigenvalue weighted by Gasteiger charge is 2.09. The van der Waals surface area contributed by atoms with Gasteiger partial charge >= 0.3 is 0 Å². The molecule has 0 heterocycles. The van der Waals surface area contributed by atoms with E-state index < -0.39 is 0 Å². The Kier molecular flexibility index (Phi) is 6.60. The molecule has 28 heavy (non-hydrogen) atoms.